The molecule has 3 nitrogen and oxygen atoms in total. The van der Waals surface area contributed by atoms with E-state index in [0.717, 1.165) is 29.3 Å². The molecule has 0 saturated carbocycles. The second-order valence-electron chi connectivity index (χ2n) is 4.97. The molecule has 1 amide bonds. The van der Waals surface area contributed by atoms with Gasteiger partial charge in [0, 0.05) is 29.9 Å². The zero-order chi connectivity index (χ0) is 14.5. The third kappa shape index (κ3) is 3.67. The lowest BCUT2D eigenvalue weighted by atomic mass is 10.1. The lowest BCUT2D eigenvalue weighted by molar-refractivity contribution is -0.116. The molecule has 0 aliphatic heterocycles. The highest BCUT2D eigenvalue weighted by Gasteiger charge is 2.04. The normalized spacial score (nSPS) is 10.7. The molecule has 0 aliphatic carbocycles. The van der Waals surface area contributed by atoms with Gasteiger partial charge in [-0.3, -0.25) is 9.78 Å². The van der Waals surface area contributed by atoms with Crippen LogP contribution in [0.1, 0.15) is 18.4 Å². The number of pyridine rings is 1. The number of benzene rings is 1. The van der Waals surface area contributed by atoms with Crippen LogP contribution in [-0.4, -0.2) is 10.9 Å². The minimum absolute atomic E-state index is 0.0682. The highest BCUT2D eigenvalue weighted by Crippen LogP contribution is 2.18. The number of rotatable bonds is 5. The first-order valence-corrected chi connectivity index (χ1v) is 7.90. The van der Waals surface area contributed by atoms with E-state index in [4.69, 9.17) is 0 Å². The fourth-order valence-corrected chi connectivity index (χ4v) is 2.98. The number of amides is 1. The Kier molecular flexibility index (Phi) is 4.26. The summed E-state index contributed by atoms with van der Waals surface area (Å²) in [5.74, 6) is 0.0682. The summed E-state index contributed by atoms with van der Waals surface area (Å²) in [7, 11) is 0. The van der Waals surface area contributed by atoms with Crippen LogP contribution in [0.2, 0.25) is 0 Å². The minimum atomic E-state index is 0.0682. The standard InChI is InChI=1S/C17H16N2OS/c20-17(3-1-2-13-7-9-21-12-13)19-16-5-4-15-11-18-8-6-14(15)10-16/h4-12H,1-3H2,(H,19,20). The molecule has 0 bridgehead atoms. The molecule has 3 rings (SSSR count). The van der Waals surface area contributed by atoms with Crippen LogP contribution in [0.5, 0.6) is 0 Å². The van der Waals surface area contributed by atoms with Crippen LogP contribution >= 0.6 is 11.3 Å². The molecular formula is C17H16N2OS. The summed E-state index contributed by atoms with van der Waals surface area (Å²) in [6.07, 6.45) is 5.96. The molecule has 0 unspecified atom stereocenters. The quantitative estimate of drug-likeness (QED) is 0.764. The van der Waals surface area contributed by atoms with Gasteiger partial charge in [-0.1, -0.05) is 6.07 Å². The third-order valence-electron chi connectivity index (χ3n) is 3.37. The maximum Gasteiger partial charge on any atom is 0.224 e. The maximum absolute atomic E-state index is 12.0. The van der Waals surface area contributed by atoms with Gasteiger partial charge < -0.3 is 5.32 Å². The van der Waals surface area contributed by atoms with Gasteiger partial charge in [-0.15, -0.1) is 0 Å². The monoisotopic (exact) mass is 296 g/mol. The number of nitrogens with zero attached hydrogens (tertiary/aromatic N) is 1. The SMILES string of the molecule is O=C(CCCc1ccsc1)Nc1ccc2cnccc2c1. The van der Waals surface area contributed by atoms with Gasteiger partial charge in [-0.05, 0) is 58.8 Å². The number of aromatic nitrogens is 1. The largest absolute Gasteiger partial charge is 0.326 e. The molecule has 0 saturated heterocycles. The van der Waals surface area contributed by atoms with Crippen molar-refractivity contribution in [2.45, 2.75) is 19.3 Å². The topological polar surface area (TPSA) is 42.0 Å². The lowest BCUT2D eigenvalue weighted by Gasteiger charge is -2.06. The molecule has 0 radical (unpaired) electrons. The van der Waals surface area contributed by atoms with Crippen LogP contribution < -0.4 is 5.32 Å². The molecule has 106 valence electrons. The van der Waals surface area contributed by atoms with E-state index < -0.39 is 0 Å². The van der Waals surface area contributed by atoms with Crippen molar-refractivity contribution >= 4 is 33.7 Å². The number of hydrogen-bond acceptors (Lipinski definition) is 3. The van der Waals surface area contributed by atoms with Crippen molar-refractivity contribution in [1.29, 1.82) is 0 Å². The average molecular weight is 296 g/mol. The summed E-state index contributed by atoms with van der Waals surface area (Å²) in [5.41, 5.74) is 2.15. The first kappa shape index (κ1) is 13.8. The highest BCUT2D eigenvalue weighted by molar-refractivity contribution is 7.07. The molecular weight excluding hydrogens is 280 g/mol. The Bertz CT molecular complexity index is 737. The van der Waals surface area contributed by atoms with Crippen LogP contribution in [0.4, 0.5) is 5.69 Å². The van der Waals surface area contributed by atoms with Gasteiger partial charge in [0.2, 0.25) is 5.91 Å². The molecule has 2 heterocycles. The zero-order valence-corrected chi connectivity index (χ0v) is 12.4. The summed E-state index contributed by atoms with van der Waals surface area (Å²) >= 11 is 1.70. The van der Waals surface area contributed by atoms with Crippen LogP contribution in [0, 0.1) is 0 Å². The maximum atomic E-state index is 12.0. The minimum Gasteiger partial charge on any atom is -0.326 e. The van der Waals surface area contributed by atoms with E-state index in [2.05, 4.69) is 27.1 Å². The molecule has 4 heteroatoms. The molecule has 21 heavy (non-hydrogen) atoms. The first-order valence-electron chi connectivity index (χ1n) is 6.96. The average Bonchev–Trinajstić information content (AvgIpc) is 3.00. The van der Waals surface area contributed by atoms with Gasteiger partial charge >= 0.3 is 0 Å². The van der Waals surface area contributed by atoms with E-state index in [1.807, 2.05) is 30.5 Å². The number of aryl methyl sites for hydroxylation is 1. The van der Waals surface area contributed by atoms with E-state index in [0.29, 0.717) is 6.42 Å². The second kappa shape index (κ2) is 6.50. The fraction of sp³-hybridized carbons (Fsp3) is 0.176. The Hall–Kier alpha value is -2.20. The number of anilines is 1. The predicted molar refractivity (Wildman–Crippen MR) is 87.6 cm³/mol. The molecule has 3 aromatic rings. The van der Waals surface area contributed by atoms with Crippen molar-refractivity contribution in [2.24, 2.45) is 0 Å². The van der Waals surface area contributed by atoms with Crippen molar-refractivity contribution < 1.29 is 4.79 Å². The summed E-state index contributed by atoms with van der Waals surface area (Å²) in [6, 6.07) is 9.93. The lowest BCUT2D eigenvalue weighted by Crippen LogP contribution is -2.11. The van der Waals surface area contributed by atoms with Gasteiger partial charge in [0.15, 0.2) is 0 Å². The Balaban J connectivity index is 1.55. The smallest absolute Gasteiger partial charge is 0.224 e. The van der Waals surface area contributed by atoms with Crippen LogP contribution in [0.3, 0.4) is 0 Å². The number of nitrogens with one attached hydrogen (secondary N) is 1. The van der Waals surface area contributed by atoms with Gasteiger partial charge in [0.25, 0.3) is 0 Å². The van der Waals surface area contributed by atoms with Crippen LogP contribution in [0.25, 0.3) is 10.8 Å². The molecule has 0 fully saturated rings. The van der Waals surface area contributed by atoms with Crippen molar-refractivity contribution in [2.75, 3.05) is 5.32 Å². The molecule has 0 atom stereocenters. The van der Waals surface area contributed by atoms with E-state index in [9.17, 15) is 4.79 Å². The molecule has 0 spiro atoms. The number of hydrogen-bond donors (Lipinski definition) is 1. The summed E-state index contributed by atoms with van der Waals surface area (Å²) in [6.45, 7) is 0. The van der Waals surface area contributed by atoms with E-state index in [-0.39, 0.29) is 5.91 Å². The van der Waals surface area contributed by atoms with Gasteiger partial charge in [-0.2, -0.15) is 11.3 Å². The Morgan fingerprint density at radius 2 is 2.14 bits per heavy atom. The van der Waals surface area contributed by atoms with E-state index in [1.54, 1.807) is 17.5 Å². The Morgan fingerprint density at radius 3 is 3.00 bits per heavy atom. The van der Waals surface area contributed by atoms with Gasteiger partial charge in [-0.25, -0.2) is 0 Å². The summed E-state index contributed by atoms with van der Waals surface area (Å²) in [4.78, 5) is 16.0. The third-order valence-corrected chi connectivity index (χ3v) is 4.11. The highest BCUT2D eigenvalue weighted by atomic mass is 32.1. The zero-order valence-electron chi connectivity index (χ0n) is 11.6. The molecule has 1 N–H and O–H groups in total. The Labute approximate surface area is 127 Å². The first-order chi connectivity index (χ1) is 10.3. The number of carbonyl (C=O) groups is 1. The van der Waals surface area contributed by atoms with Crippen molar-refractivity contribution in [1.82, 2.24) is 4.98 Å². The van der Waals surface area contributed by atoms with Crippen LogP contribution in [0.15, 0.2) is 53.5 Å². The van der Waals surface area contributed by atoms with E-state index >= 15 is 0 Å². The summed E-state index contributed by atoms with van der Waals surface area (Å²) < 4.78 is 0. The fourth-order valence-electron chi connectivity index (χ4n) is 2.27. The number of carbonyl (C=O) groups excluding carboxylic acids is 1. The summed E-state index contributed by atoms with van der Waals surface area (Å²) in [5, 5.41) is 9.32. The predicted octanol–water partition coefficient (Wildman–Crippen LogP) is 4.26. The van der Waals surface area contributed by atoms with E-state index in [1.165, 1.54) is 5.56 Å². The van der Waals surface area contributed by atoms with Crippen molar-refractivity contribution in [3.8, 4) is 0 Å². The van der Waals surface area contributed by atoms with Crippen molar-refractivity contribution in [3.63, 3.8) is 0 Å². The van der Waals surface area contributed by atoms with Crippen LogP contribution in [-0.2, 0) is 11.2 Å². The molecule has 0 aliphatic rings. The number of fused-ring (bicyclic) bond motifs is 1. The molecule has 1 aromatic carbocycles. The second-order valence-corrected chi connectivity index (χ2v) is 5.75. The number of thiophene rings is 1. The van der Waals surface area contributed by atoms with Crippen molar-refractivity contribution in [3.05, 3.63) is 59.0 Å². The van der Waals surface area contributed by atoms with Gasteiger partial charge in [0.05, 0.1) is 0 Å². The molecule has 2 aromatic heterocycles. The van der Waals surface area contributed by atoms with Gasteiger partial charge in [0.1, 0.15) is 0 Å². The Morgan fingerprint density at radius 1 is 1.19 bits per heavy atom.